The monoisotopic (exact) mass is 591 g/mol. The highest BCUT2D eigenvalue weighted by molar-refractivity contribution is 7.92. The molecule has 12 heteroatoms. The van der Waals surface area contributed by atoms with Gasteiger partial charge in [-0.1, -0.05) is 24.3 Å². The highest BCUT2D eigenvalue weighted by atomic mass is 32.2. The minimum atomic E-state index is -4.94. The van der Waals surface area contributed by atoms with Crippen LogP contribution in [-0.4, -0.2) is 35.5 Å². The van der Waals surface area contributed by atoms with E-state index in [2.05, 4.69) is 5.10 Å². The quantitative estimate of drug-likeness (QED) is 0.279. The fourth-order valence-corrected chi connectivity index (χ4v) is 6.73. The number of aryl methyl sites for hydroxylation is 1. The van der Waals surface area contributed by atoms with E-state index in [1.807, 2.05) is 0 Å². The van der Waals surface area contributed by atoms with Crippen LogP contribution >= 0.6 is 0 Å². The van der Waals surface area contributed by atoms with Crippen LogP contribution in [0.15, 0.2) is 83.9 Å². The number of benzene rings is 3. The fraction of sp³-hybridized carbons (Fsp3) is 0.276. The summed E-state index contributed by atoms with van der Waals surface area (Å²) in [6.07, 6.45) is -2.65. The van der Waals surface area contributed by atoms with E-state index in [1.165, 1.54) is 28.6 Å². The second kappa shape index (κ2) is 10.6. The molecule has 0 aliphatic carbocycles. The average Bonchev–Trinajstić information content (AvgIpc) is 3.35. The maximum Gasteiger partial charge on any atom is 0.421 e. The van der Waals surface area contributed by atoms with Crippen LogP contribution in [0, 0.1) is 11.6 Å². The van der Waals surface area contributed by atoms with Crippen LogP contribution < -0.4 is 4.31 Å². The van der Waals surface area contributed by atoms with Gasteiger partial charge in [-0.3, -0.25) is 8.99 Å². The molecule has 2 atom stereocenters. The topological polar surface area (TPSA) is 75.4 Å². The van der Waals surface area contributed by atoms with Crippen molar-refractivity contribution in [3.8, 4) is 0 Å². The molecule has 1 aliphatic rings. The first kappa shape index (κ1) is 28.7. The highest BCUT2D eigenvalue weighted by Crippen LogP contribution is 2.43. The lowest BCUT2D eigenvalue weighted by molar-refractivity contribution is -0.258. The van der Waals surface area contributed by atoms with E-state index in [0.29, 0.717) is 24.7 Å². The summed E-state index contributed by atoms with van der Waals surface area (Å²) in [5.74, 6) is -1.000. The molecule has 1 aliphatic heterocycles. The Morgan fingerprint density at radius 3 is 2.22 bits per heavy atom. The number of anilines is 1. The maximum absolute atomic E-state index is 14.0. The molecule has 0 fully saturated rings. The van der Waals surface area contributed by atoms with Crippen molar-refractivity contribution in [2.24, 2.45) is 0 Å². The molecule has 1 aromatic heterocycles. The lowest BCUT2D eigenvalue weighted by Crippen LogP contribution is -2.45. The van der Waals surface area contributed by atoms with Gasteiger partial charge in [0.1, 0.15) is 11.6 Å². The SMILES string of the molecule is CC(O)(c1ccc2c(c1)CC[C@@H](Cc1ccnn1Cc1ccc(F)cc1)N2S(=O)(=O)c1ccc(F)cc1)C(F)(F)F. The summed E-state index contributed by atoms with van der Waals surface area (Å²) in [7, 11) is -4.29. The summed E-state index contributed by atoms with van der Waals surface area (Å²) in [5, 5.41) is 14.6. The maximum atomic E-state index is 14.0. The molecule has 5 rings (SSSR count). The van der Waals surface area contributed by atoms with E-state index in [0.717, 1.165) is 35.9 Å². The molecule has 0 radical (unpaired) electrons. The molecule has 216 valence electrons. The Morgan fingerprint density at radius 2 is 1.59 bits per heavy atom. The van der Waals surface area contributed by atoms with Crippen LogP contribution in [0.1, 0.15) is 35.7 Å². The van der Waals surface area contributed by atoms with Crippen LogP contribution in [0.25, 0.3) is 0 Å². The summed E-state index contributed by atoms with van der Waals surface area (Å²) < 4.78 is 98.4. The summed E-state index contributed by atoms with van der Waals surface area (Å²) >= 11 is 0. The molecular weight excluding hydrogens is 565 g/mol. The van der Waals surface area contributed by atoms with E-state index in [9.17, 15) is 35.5 Å². The number of aromatic nitrogens is 2. The van der Waals surface area contributed by atoms with E-state index >= 15 is 0 Å². The molecular formula is C29H26F5N3O3S. The zero-order chi connectivity index (χ0) is 29.6. The van der Waals surface area contributed by atoms with Crippen LogP contribution in [0.2, 0.25) is 0 Å². The number of nitrogens with zero attached hydrogens (tertiary/aromatic N) is 3. The van der Waals surface area contributed by atoms with Gasteiger partial charge in [0.2, 0.25) is 0 Å². The fourth-order valence-electron chi connectivity index (χ4n) is 5.01. The molecule has 41 heavy (non-hydrogen) atoms. The van der Waals surface area contributed by atoms with E-state index in [1.54, 1.807) is 29.1 Å². The Kier molecular flexibility index (Phi) is 7.41. The average molecular weight is 592 g/mol. The summed E-state index contributed by atoms with van der Waals surface area (Å²) in [6, 6.07) is 14.8. The number of rotatable bonds is 7. The first-order chi connectivity index (χ1) is 19.3. The van der Waals surface area contributed by atoms with Crippen molar-refractivity contribution in [3.63, 3.8) is 0 Å². The molecule has 6 nitrogen and oxygen atoms in total. The van der Waals surface area contributed by atoms with Crippen LogP contribution in [0.4, 0.5) is 27.6 Å². The van der Waals surface area contributed by atoms with Gasteiger partial charge < -0.3 is 5.11 Å². The van der Waals surface area contributed by atoms with Gasteiger partial charge in [-0.15, -0.1) is 0 Å². The van der Waals surface area contributed by atoms with Gasteiger partial charge in [0.05, 0.1) is 23.2 Å². The highest BCUT2D eigenvalue weighted by Gasteiger charge is 2.51. The van der Waals surface area contributed by atoms with Crippen molar-refractivity contribution in [1.82, 2.24) is 9.78 Å². The molecule has 4 aromatic rings. The van der Waals surface area contributed by atoms with E-state index in [-0.39, 0.29) is 35.7 Å². The van der Waals surface area contributed by atoms with Gasteiger partial charge >= 0.3 is 6.18 Å². The molecule has 2 heterocycles. The summed E-state index contributed by atoms with van der Waals surface area (Å²) in [4.78, 5) is -0.178. The summed E-state index contributed by atoms with van der Waals surface area (Å²) in [6.45, 7) is 0.960. The Balaban J connectivity index is 1.54. The first-order valence-electron chi connectivity index (χ1n) is 12.7. The number of sulfonamides is 1. The smallest absolute Gasteiger partial charge is 0.376 e. The number of fused-ring (bicyclic) bond motifs is 1. The Morgan fingerprint density at radius 1 is 0.951 bits per heavy atom. The number of alkyl halides is 3. The van der Waals surface area contributed by atoms with Gasteiger partial charge in [0, 0.05) is 18.3 Å². The summed E-state index contributed by atoms with van der Waals surface area (Å²) in [5.41, 5.74) is -1.56. The number of aliphatic hydroxyl groups is 1. The van der Waals surface area contributed by atoms with E-state index < -0.39 is 39.2 Å². The number of halogens is 5. The molecule has 1 unspecified atom stereocenters. The number of hydrogen-bond acceptors (Lipinski definition) is 4. The van der Waals surface area contributed by atoms with Gasteiger partial charge in [-0.05, 0) is 85.0 Å². The minimum absolute atomic E-state index is 0.178. The predicted molar refractivity (Wildman–Crippen MR) is 142 cm³/mol. The molecule has 0 saturated carbocycles. The third kappa shape index (κ3) is 5.58. The van der Waals surface area contributed by atoms with Crippen LogP contribution in [-0.2, 0) is 35.0 Å². The van der Waals surface area contributed by atoms with Crippen molar-refractivity contribution >= 4 is 15.7 Å². The van der Waals surface area contributed by atoms with Crippen LogP contribution in [0.3, 0.4) is 0 Å². The zero-order valence-electron chi connectivity index (χ0n) is 21.8. The van der Waals surface area contributed by atoms with Crippen molar-refractivity contribution in [1.29, 1.82) is 0 Å². The number of hydrogen-bond donors (Lipinski definition) is 1. The molecule has 3 aromatic carbocycles. The molecule has 0 amide bonds. The normalized spacial score (nSPS) is 17.2. The van der Waals surface area contributed by atoms with Crippen molar-refractivity contribution in [2.45, 2.75) is 55.4 Å². The van der Waals surface area contributed by atoms with Crippen molar-refractivity contribution < 1.29 is 35.5 Å². The molecule has 0 spiro atoms. The third-order valence-electron chi connectivity index (χ3n) is 7.37. The molecule has 0 bridgehead atoms. The lowest BCUT2D eigenvalue weighted by atomic mass is 9.89. The lowest BCUT2D eigenvalue weighted by Gasteiger charge is -2.39. The van der Waals surface area contributed by atoms with Gasteiger partial charge in [0.25, 0.3) is 10.0 Å². The largest absolute Gasteiger partial charge is 0.421 e. The third-order valence-corrected chi connectivity index (χ3v) is 9.26. The van der Waals surface area contributed by atoms with Gasteiger partial charge in [-0.2, -0.15) is 18.3 Å². The van der Waals surface area contributed by atoms with Gasteiger partial charge in [-0.25, -0.2) is 17.2 Å². The van der Waals surface area contributed by atoms with Crippen molar-refractivity contribution in [3.05, 3.63) is 113 Å². The second-order valence-corrected chi connectivity index (χ2v) is 12.0. The van der Waals surface area contributed by atoms with E-state index in [4.69, 9.17) is 0 Å². The van der Waals surface area contributed by atoms with Crippen LogP contribution in [0.5, 0.6) is 0 Å². The molecule has 0 saturated heterocycles. The molecule has 1 N–H and O–H groups in total. The van der Waals surface area contributed by atoms with Crippen molar-refractivity contribution in [2.75, 3.05) is 4.31 Å². The van der Waals surface area contributed by atoms with Gasteiger partial charge in [0.15, 0.2) is 5.60 Å². The Bertz CT molecular complexity index is 1650. The first-order valence-corrected chi connectivity index (χ1v) is 14.2. The Hall–Kier alpha value is -3.77. The second-order valence-electron chi connectivity index (χ2n) is 10.2. The Labute approximate surface area is 233 Å². The minimum Gasteiger partial charge on any atom is -0.376 e. The predicted octanol–water partition coefficient (Wildman–Crippen LogP) is 5.73. The zero-order valence-corrected chi connectivity index (χ0v) is 22.6. The standard InChI is InChI=1S/C29H26F5N3O3S/c1-28(38,29(32,33)34)21-5-13-27-20(16-21)4-10-25(37(27)41(39,40)26-11-8-23(31)9-12-26)17-24-14-15-35-36(24)18-19-2-6-22(30)7-3-19/h2-3,5-9,11-16,25,38H,4,10,17-18H2,1H3/t25-,28?/m0/s1.